The molecular formula is C21H34N8O7. The lowest BCUT2D eigenvalue weighted by atomic mass is 10.1. The summed E-state index contributed by atoms with van der Waals surface area (Å²) in [4.78, 5) is 79.4. The van der Waals surface area contributed by atoms with E-state index in [2.05, 4.69) is 25.9 Å². The fraction of sp³-hybridized carbons (Fsp3) is 0.571. The number of imidazole rings is 1. The Kier molecular flexibility index (Phi) is 12.6. The Morgan fingerprint density at radius 1 is 1.11 bits per heavy atom. The zero-order chi connectivity index (χ0) is 27.3. The van der Waals surface area contributed by atoms with Crippen LogP contribution in [0.4, 0.5) is 0 Å². The highest BCUT2D eigenvalue weighted by molar-refractivity contribution is 5.95. The van der Waals surface area contributed by atoms with E-state index in [9.17, 15) is 28.8 Å². The number of carbonyl (C=O) groups is 6. The monoisotopic (exact) mass is 510 g/mol. The molecule has 0 saturated heterocycles. The average Bonchev–Trinajstić information content (AvgIpc) is 3.29. The van der Waals surface area contributed by atoms with E-state index >= 15 is 0 Å². The molecule has 0 spiro atoms. The first-order valence-corrected chi connectivity index (χ1v) is 11.2. The lowest BCUT2D eigenvalue weighted by Gasteiger charge is -2.26. The molecule has 0 fully saturated rings. The van der Waals surface area contributed by atoms with E-state index < -0.39 is 60.7 Å². The fourth-order valence-corrected chi connectivity index (χ4v) is 3.20. The molecule has 1 aromatic rings. The van der Waals surface area contributed by atoms with E-state index in [-0.39, 0.29) is 18.7 Å². The second-order valence-electron chi connectivity index (χ2n) is 8.23. The number of aliphatic carboxylic acids is 1. The van der Waals surface area contributed by atoms with Gasteiger partial charge in [-0.05, 0) is 19.3 Å². The number of aromatic nitrogens is 2. The fourth-order valence-electron chi connectivity index (χ4n) is 3.20. The predicted molar refractivity (Wildman–Crippen MR) is 126 cm³/mol. The van der Waals surface area contributed by atoms with Crippen LogP contribution in [0.15, 0.2) is 12.5 Å². The second kappa shape index (κ2) is 15.1. The number of nitrogens with zero attached hydrogens (tertiary/aromatic N) is 2. The number of likely N-dealkylation sites (N-methyl/N-ethyl adjacent to an activating group) is 1. The minimum absolute atomic E-state index is 0.0803. The molecule has 9 N–H and O–H groups in total. The standard InChI is InChI=1S/C21H34N8O7/c1-12(30)25-6-4-3-5-14(22)19(34)27-15(8-17(23)31)20(35)28-16(7-13-9-24-11-26-13)21(36)29(2)10-18(32)33/h9,11,14-16H,3-8,10,22H2,1-2H3,(H2,23,31)(H,24,26)(H,25,30)(H,27,34)(H,28,35)(H,32,33)/t14-,15-,16-/m0/s1. The van der Waals surface area contributed by atoms with Gasteiger partial charge >= 0.3 is 5.97 Å². The Morgan fingerprint density at radius 3 is 2.33 bits per heavy atom. The second-order valence-corrected chi connectivity index (χ2v) is 8.23. The van der Waals surface area contributed by atoms with Crippen molar-refractivity contribution in [2.24, 2.45) is 11.5 Å². The highest BCUT2D eigenvalue weighted by atomic mass is 16.4. The van der Waals surface area contributed by atoms with Gasteiger partial charge < -0.3 is 42.4 Å². The summed E-state index contributed by atoms with van der Waals surface area (Å²) in [7, 11) is 1.26. The van der Waals surface area contributed by atoms with Gasteiger partial charge in [-0.1, -0.05) is 0 Å². The van der Waals surface area contributed by atoms with Gasteiger partial charge in [-0.2, -0.15) is 0 Å². The molecule has 5 amide bonds. The number of carboxylic acids is 1. The summed E-state index contributed by atoms with van der Waals surface area (Å²) in [5.41, 5.74) is 11.5. The first-order chi connectivity index (χ1) is 16.9. The maximum atomic E-state index is 13.0. The average molecular weight is 511 g/mol. The Hall–Kier alpha value is -4.01. The third-order valence-electron chi connectivity index (χ3n) is 5.02. The van der Waals surface area contributed by atoms with E-state index in [0.29, 0.717) is 25.1 Å². The first kappa shape index (κ1) is 30.0. The number of carboxylic acid groups (broad SMARTS) is 1. The van der Waals surface area contributed by atoms with Gasteiger partial charge in [-0.15, -0.1) is 0 Å². The lowest BCUT2D eigenvalue weighted by molar-refractivity contribution is -0.145. The van der Waals surface area contributed by atoms with Crippen molar-refractivity contribution in [3.05, 3.63) is 18.2 Å². The Bertz CT molecular complexity index is 921. The van der Waals surface area contributed by atoms with Crippen molar-refractivity contribution in [1.29, 1.82) is 0 Å². The largest absolute Gasteiger partial charge is 0.480 e. The number of rotatable bonds is 16. The predicted octanol–water partition coefficient (Wildman–Crippen LogP) is -3.03. The topological polar surface area (TPSA) is 243 Å². The molecule has 0 saturated carbocycles. The Morgan fingerprint density at radius 2 is 1.78 bits per heavy atom. The summed E-state index contributed by atoms with van der Waals surface area (Å²) in [5.74, 6) is -4.59. The number of unbranched alkanes of at least 4 members (excludes halogenated alkanes) is 1. The number of hydrogen-bond donors (Lipinski definition) is 7. The van der Waals surface area contributed by atoms with Crippen molar-refractivity contribution < 1.29 is 33.9 Å². The minimum Gasteiger partial charge on any atom is -0.480 e. The maximum absolute atomic E-state index is 13.0. The molecule has 0 radical (unpaired) electrons. The summed E-state index contributed by atoms with van der Waals surface area (Å²) >= 11 is 0. The molecule has 15 heteroatoms. The molecule has 0 aliphatic rings. The molecule has 0 aliphatic carbocycles. The maximum Gasteiger partial charge on any atom is 0.323 e. The van der Waals surface area contributed by atoms with E-state index in [0.717, 1.165) is 4.90 Å². The highest BCUT2D eigenvalue weighted by Crippen LogP contribution is 2.05. The van der Waals surface area contributed by atoms with Gasteiger partial charge in [0, 0.05) is 33.1 Å². The van der Waals surface area contributed by atoms with E-state index in [4.69, 9.17) is 16.6 Å². The van der Waals surface area contributed by atoms with Crippen molar-refractivity contribution in [2.75, 3.05) is 20.1 Å². The van der Waals surface area contributed by atoms with Gasteiger partial charge in [0.2, 0.25) is 29.5 Å². The first-order valence-electron chi connectivity index (χ1n) is 11.2. The van der Waals surface area contributed by atoms with Gasteiger partial charge in [0.05, 0.1) is 24.5 Å². The number of nitrogens with two attached hydrogens (primary N) is 2. The van der Waals surface area contributed by atoms with Crippen LogP contribution >= 0.6 is 0 Å². The van der Waals surface area contributed by atoms with Gasteiger partial charge in [-0.25, -0.2) is 4.98 Å². The van der Waals surface area contributed by atoms with Crippen LogP contribution in [0.5, 0.6) is 0 Å². The molecular weight excluding hydrogens is 476 g/mol. The molecule has 0 unspecified atom stereocenters. The van der Waals surface area contributed by atoms with Crippen LogP contribution in [-0.2, 0) is 35.2 Å². The number of hydrogen-bond acceptors (Lipinski definition) is 8. The third-order valence-corrected chi connectivity index (χ3v) is 5.02. The summed E-state index contributed by atoms with van der Waals surface area (Å²) < 4.78 is 0. The summed E-state index contributed by atoms with van der Waals surface area (Å²) in [5, 5.41) is 16.4. The van der Waals surface area contributed by atoms with E-state index in [1.165, 1.54) is 26.5 Å². The van der Waals surface area contributed by atoms with Crippen LogP contribution < -0.4 is 27.4 Å². The van der Waals surface area contributed by atoms with Gasteiger partial charge in [0.25, 0.3) is 0 Å². The summed E-state index contributed by atoms with van der Waals surface area (Å²) in [6, 6.07) is -3.65. The molecule has 200 valence electrons. The molecule has 15 nitrogen and oxygen atoms in total. The molecule has 0 bridgehead atoms. The third kappa shape index (κ3) is 11.4. The Labute approximate surface area is 207 Å². The molecule has 0 aromatic carbocycles. The number of primary amides is 1. The van der Waals surface area contributed by atoms with Crippen molar-refractivity contribution in [2.45, 2.75) is 57.2 Å². The van der Waals surface area contributed by atoms with Crippen molar-refractivity contribution >= 4 is 35.5 Å². The van der Waals surface area contributed by atoms with Gasteiger partial charge in [0.1, 0.15) is 18.6 Å². The van der Waals surface area contributed by atoms with Crippen LogP contribution in [0, 0.1) is 0 Å². The van der Waals surface area contributed by atoms with Crippen molar-refractivity contribution in [3.63, 3.8) is 0 Å². The number of H-pyrrole nitrogens is 1. The van der Waals surface area contributed by atoms with Crippen molar-refractivity contribution in [1.82, 2.24) is 30.8 Å². The van der Waals surface area contributed by atoms with Gasteiger partial charge in [-0.3, -0.25) is 28.8 Å². The lowest BCUT2D eigenvalue weighted by Crippen LogP contribution is -2.57. The minimum atomic E-state index is -1.42. The molecule has 3 atom stereocenters. The molecule has 1 rings (SSSR count). The van der Waals surface area contributed by atoms with Crippen LogP contribution in [-0.4, -0.2) is 93.7 Å². The van der Waals surface area contributed by atoms with Crippen LogP contribution in [0.25, 0.3) is 0 Å². The zero-order valence-corrected chi connectivity index (χ0v) is 20.3. The quantitative estimate of drug-likeness (QED) is 0.112. The smallest absolute Gasteiger partial charge is 0.323 e. The Balaban J connectivity index is 2.87. The van der Waals surface area contributed by atoms with E-state index in [1.54, 1.807) is 0 Å². The normalized spacial score (nSPS) is 13.1. The molecule has 1 aromatic heterocycles. The van der Waals surface area contributed by atoms with Gasteiger partial charge in [0.15, 0.2) is 0 Å². The number of amides is 5. The molecule has 1 heterocycles. The highest BCUT2D eigenvalue weighted by Gasteiger charge is 2.31. The van der Waals surface area contributed by atoms with Crippen molar-refractivity contribution in [3.8, 4) is 0 Å². The molecule has 0 aliphatic heterocycles. The number of nitrogens with one attached hydrogen (secondary N) is 4. The van der Waals surface area contributed by atoms with E-state index in [1.807, 2.05) is 0 Å². The SMILES string of the molecule is CC(=O)NCCCC[C@H](N)C(=O)N[C@@H](CC(N)=O)C(=O)N[C@@H](Cc1c[nH]cn1)C(=O)N(C)CC(=O)O. The number of carbonyl (C=O) groups excluding carboxylic acids is 5. The molecule has 36 heavy (non-hydrogen) atoms. The summed E-state index contributed by atoms with van der Waals surface area (Å²) in [6.45, 7) is 1.21. The van der Waals surface area contributed by atoms with Crippen LogP contribution in [0.3, 0.4) is 0 Å². The van der Waals surface area contributed by atoms with Crippen LogP contribution in [0.2, 0.25) is 0 Å². The number of aromatic amines is 1. The zero-order valence-electron chi connectivity index (χ0n) is 20.3. The summed E-state index contributed by atoms with van der Waals surface area (Å²) in [6.07, 6.45) is 3.61. The van der Waals surface area contributed by atoms with Crippen LogP contribution in [0.1, 0.15) is 38.3 Å².